The number of thiazole rings is 1. The lowest BCUT2D eigenvalue weighted by atomic mass is 9.89. The van der Waals surface area contributed by atoms with Crippen LogP contribution in [0.4, 0.5) is 5.13 Å². The second kappa shape index (κ2) is 11.8. The Hall–Kier alpha value is -2.38. The molecule has 0 unspecified atom stereocenters. The highest BCUT2D eigenvalue weighted by atomic mass is 32.2. The van der Waals surface area contributed by atoms with Gasteiger partial charge in [-0.15, -0.1) is 11.3 Å². The Bertz CT molecular complexity index is 1320. The molecule has 0 aliphatic carbocycles. The van der Waals surface area contributed by atoms with Crippen molar-refractivity contribution in [3.63, 3.8) is 0 Å². The summed E-state index contributed by atoms with van der Waals surface area (Å²) in [6.45, 7) is 14.2. The maximum atomic E-state index is 14.2. The zero-order valence-corrected chi connectivity index (χ0v) is 25.5. The van der Waals surface area contributed by atoms with E-state index in [1.54, 1.807) is 18.4 Å². The summed E-state index contributed by atoms with van der Waals surface area (Å²) in [4.78, 5) is 7.73. The van der Waals surface area contributed by atoms with Crippen LogP contribution in [0.3, 0.4) is 0 Å². The number of nitrogens with zero attached hydrogens (tertiary/aromatic N) is 2. The molecule has 7 heteroatoms. The molecule has 1 aromatic heterocycles. The van der Waals surface area contributed by atoms with Crippen LogP contribution < -0.4 is 9.64 Å². The Morgan fingerprint density at radius 2 is 1.61 bits per heavy atom. The summed E-state index contributed by atoms with van der Waals surface area (Å²) in [5, 5.41) is 2.72. The van der Waals surface area contributed by atoms with Gasteiger partial charge in [-0.3, -0.25) is 0 Å². The van der Waals surface area contributed by atoms with Gasteiger partial charge in [-0.05, 0) is 65.0 Å². The number of sulfone groups is 1. The smallest absolute Gasteiger partial charge is 0.185 e. The van der Waals surface area contributed by atoms with Gasteiger partial charge in [0.15, 0.2) is 15.0 Å². The van der Waals surface area contributed by atoms with Crippen molar-refractivity contribution in [3.05, 3.63) is 69.7 Å². The van der Waals surface area contributed by atoms with Gasteiger partial charge in [0.05, 0.1) is 22.9 Å². The SMILES string of the molecule is COc1cccc(Cc2csc(N3CCC(S(=O)(=O)c4c(C(C)C)cc(C(C)C)cc4C(C)C)CC3)n2)c1. The van der Waals surface area contributed by atoms with E-state index in [1.165, 1.54) is 5.56 Å². The first-order valence-electron chi connectivity index (χ1n) is 13.7. The van der Waals surface area contributed by atoms with E-state index in [0.29, 0.717) is 36.7 Å². The zero-order chi connectivity index (χ0) is 27.6. The third-order valence-electron chi connectivity index (χ3n) is 7.57. The number of ether oxygens (including phenoxy) is 1. The predicted octanol–water partition coefficient (Wildman–Crippen LogP) is 7.56. The molecule has 1 aliphatic rings. The quantitative estimate of drug-likeness (QED) is 0.273. The molecule has 0 radical (unpaired) electrons. The van der Waals surface area contributed by atoms with E-state index in [2.05, 4.69) is 70.0 Å². The monoisotopic (exact) mass is 554 g/mol. The minimum atomic E-state index is -3.46. The van der Waals surface area contributed by atoms with Gasteiger partial charge >= 0.3 is 0 Å². The van der Waals surface area contributed by atoms with Gasteiger partial charge in [0.2, 0.25) is 0 Å². The van der Waals surface area contributed by atoms with Crippen LogP contribution in [-0.4, -0.2) is 38.9 Å². The Balaban J connectivity index is 1.52. The fraction of sp³-hybridized carbons (Fsp3) is 0.516. The van der Waals surface area contributed by atoms with Crippen molar-refractivity contribution in [3.8, 4) is 5.75 Å². The molecular formula is C31H42N2O3S2. The first-order valence-corrected chi connectivity index (χ1v) is 16.2. The zero-order valence-electron chi connectivity index (χ0n) is 23.8. The molecule has 1 saturated heterocycles. The fourth-order valence-corrected chi connectivity index (χ4v) is 8.55. The van der Waals surface area contributed by atoms with E-state index in [9.17, 15) is 8.42 Å². The van der Waals surface area contributed by atoms with Gasteiger partial charge in [0.1, 0.15) is 5.75 Å². The van der Waals surface area contributed by atoms with Gasteiger partial charge in [0, 0.05) is 24.9 Å². The average Bonchev–Trinajstić information content (AvgIpc) is 3.36. The van der Waals surface area contributed by atoms with Crippen molar-refractivity contribution < 1.29 is 13.2 Å². The van der Waals surface area contributed by atoms with Crippen molar-refractivity contribution in [1.82, 2.24) is 4.98 Å². The molecular weight excluding hydrogens is 512 g/mol. The lowest BCUT2D eigenvalue weighted by Crippen LogP contribution is -2.40. The van der Waals surface area contributed by atoms with E-state index in [4.69, 9.17) is 9.72 Å². The average molecular weight is 555 g/mol. The van der Waals surface area contributed by atoms with Gasteiger partial charge in [-0.2, -0.15) is 0 Å². The largest absolute Gasteiger partial charge is 0.497 e. The number of aromatic nitrogens is 1. The van der Waals surface area contributed by atoms with E-state index in [-0.39, 0.29) is 17.1 Å². The standard InChI is InChI=1S/C31H42N2O3S2/c1-20(2)24-17-28(21(3)4)30(29(18-24)22(5)6)38(34,35)27-11-13-33(14-12-27)31-32-25(19-37-31)15-23-9-8-10-26(16-23)36-7/h8-10,16-22,27H,11-15H2,1-7H3. The topological polar surface area (TPSA) is 59.5 Å². The third-order valence-corrected chi connectivity index (χ3v) is 10.9. The number of benzene rings is 2. The molecule has 2 heterocycles. The van der Waals surface area contributed by atoms with Gasteiger partial charge in [-0.1, -0.05) is 65.8 Å². The molecule has 2 aromatic carbocycles. The molecule has 1 fully saturated rings. The maximum Gasteiger partial charge on any atom is 0.185 e. The van der Waals surface area contributed by atoms with Crippen LogP contribution in [0.5, 0.6) is 5.75 Å². The summed E-state index contributed by atoms with van der Waals surface area (Å²) in [7, 11) is -1.78. The highest BCUT2D eigenvalue weighted by Crippen LogP contribution is 2.39. The van der Waals surface area contributed by atoms with Crippen LogP contribution in [0.2, 0.25) is 0 Å². The van der Waals surface area contributed by atoms with E-state index < -0.39 is 9.84 Å². The first-order chi connectivity index (χ1) is 18.0. The summed E-state index contributed by atoms with van der Waals surface area (Å²) >= 11 is 1.64. The predicted molar refractivity (Wildman–Crippen MR) is 159 cm³/mol. The molecule has 0 spiro atoms. The minimum absolute atomic E-state index is 0.148. The van der Waals surface area contributed by atoms with E-state index in [0.717, 1.165) is 39.7 Å². The van der Waals surface area contributed by atoms with Gasteiger partial charge in [-0.25, -0.2) is 13.4 Å². The van der Waals surface area contributed by atoms with Gasteiger partial charge in [0.25, 0.3) is 0 Å². The first kappa shape index (κ1) is 28.6. The molecule has 0 atom stereocenters. The number of piperidine rings is 1. The number of methoxy groups -OCH3 is 1. The summed E-state index contributed by atoms with van der Waals surface area (Å²) in [6.07, 6.45) is 1.99. The van der Waals surface area contributed by atoms with Crippen LogP contribution >= 0.6 is 11.3 Å². The van der Waals surface area contributed by atoms with E-state index >= 15 is 0 Å². The summed E-state index contributed by atoms with van der Waals surface area (Å²) in [5.41, 5.74) is 5.37. The summed E-state index contributed by atoms with van der Waals surface area (Å²) < 4.78 is 33.7. The van der Waals surface area contributed by atoms with Crippen LogP contribution in [0.15, 0.2) is 46.7 Å². The minimum Gasteiger partial charge on any atom is -0.497 e. The van der Waals surface area contributed by atoms with Crippen molar-refractivity contribution in [2.24, 2.45) is 0 Å². The van der Waals surface area contributed by atoms with Crippen LogP contribution in [0.25, 0.3) is 0 Å². The molecule has 206 valence electrons. The van der Waals surface area contributed by atoms with Crippen LogP contribution in [-0.2, 0) is 16.3 Å². The molecule has 0 saturated carbocycles. The summed E-state index contributed by atoms with van der Waals surface area (Å²) in [5.74, 6) is 1.50. The van der Waals surface area contributed by atoms with Crippen molar-refractivity contribution in [1.29, 1.82) is 0 Å². The number of hydrogen-bond donors (Lipinski definition) is 0. The van der Waals surface area contributed by atoms with Crippen molar-refractivity contribution in [2.75, 3.05) is 25.1 Å². The lowest BCUT2D eigenvalue weighted by molar-refractivity contribution is 0.414. The van der Waals surface area contributed by atoms with Crippen LogP contribution in [0, 0.1) is 0 Å². The number of anilines is 1. The molecule has 4 rings (SSSR count). The highest BCUT2D eigenvalue weighted by molar-refractivity contribution is 7.92. The second-order valence-electron chi connectivity index (χ2n) is 11.4. The van der Waals surface area contributed by atoms with Crippen molar-refractivity contribution in [2.45, 2.75) is 88.7 Å². The molecule has 5 nitrogen and oxygen atoms in total. The summed E-state index contributed by atoms with van der Waals surface area (Å²) in [6, 6.07) is 12.4. The third kappa shape index (κ3) is 6.09. The maximum absolute atomic E-state index is 14.2. The Morgan fingerprint density at radius 1 is 0.974 bits per heavy atom. The van der Waals surface area contributed by atoms with Crippen molar-refractivity contribution >= 4 is 26.3 Å². The second-order valence-corrected chi connectivity index (χ2v) is 14.4. The lowest BCUT2D eigenvalue weighted by Gasteiger charge is -2.33. The Labute approximate surface area is 233 Å². The Morgan fingerprint density at radius 3 is 2.16 bits per heavy atom. The number of rotatable bonds is 9. The Kier molecular flexibility index (Phi) is 8.88. The van der Waals surface area contributed by atoms with E-state index in [1.807, 2.05) is 18.2 Å². The molecule has 38 heavy (non-hydrogen) atoms. The fourth-order valence-electron chi connectivity index (χ4n) is 5.26. The highest BCUT2D eigenvalue weighted by Gasteiger charge is 2.36. The normalized spacial score (nSPS) is 15.2. The molecule has 0 amide bonds. The number of hydrogen-bond acceptors (Lipinski definition) is 6. The molecule has 0 bridgehead atoms. The molecule has 0 N–H and O–H groups in total. The van der Waals surface area contributed by atoms with Gasteiger partial charge < -0.3 is 9.64 Å². The molecule has 1 aliphatic heterocycles. The molecule has 3 aromatic rings. The van der Waals surface area contributed by atoms with Crippen LogP contribution in [0.1, 0.15) is 100 Å².